The zero-order valence-electron chi connectivity index (χ0n) is 13.1. The number of nitrogens with zero attached hydrogens (tertiary/aromatic N) is 1. The Morgan fingerprint density at radius 2 is 1.80 bits per heavy atom. The largest absolute Gasteiger partial charge is 0.361 e. The fourth-order valence-electron chi connectivity index (χ4n) is 2.99. The Labute approximate surface area is 150 Å². The Kier molecular flexibility index (Phi) is 3.81. The zero-order valence-corrected chi connectivity index (χ0v) is 14.7. The van der Waals surface area contributed by atoms with Gasteiger partial charge in [0.05, 0.1) is 4.90 Å². The Bertz CT molecular complexity index is 1050. The maximum atomic E-state index is 12.6. The molecule has 5 nitrogen and oxygen atoms in total. The number of likely N-dealkylation sites (tertiary alicyclic amines) is 1. The highest BCUT2D eigenvalue weighted by molar-refractivity contribution is 7.92. The second-order valence-electron chi connectivity index (χ2n) is 6.11. The number of amides is 1. The summed E-state index contributed by atoms with van der Waals surface area (Å²) in [4.78, 5) is 17.4. The molecule has 1 N–H and O–H groups in total. The number of hydrogen-bond donors (Lipinski definition) is 1. The summed E-state index contributed by atoms with van der Waals surface area (Å²) in [6.07, 6.45) is 1.82. The first-order valence-electron chi connectivity index (χ1n) is 7.81. The molecule has 2 aromatic carbocycles. The molecular weight excluding hydrogens is 360 g/mol. The summed E-state index contributed by atoms with van der Waals surface area (Å²) in [6.45, 7) is 0.407. The molecule has 0 unspecified atom stereocenters. The van der Waals surface area contributed by atoms with Crippen LogP contribution in [0.25, 0.3) is 10.9 Å². The fraction of sp³-hybridized carbons (Fsp3) is 0.167. The van der Waals surface area contributed by atoms with Crippen LogP contribution in [0, 0.1) is 0 Å². The van der Waals surface area contributed by atoms with Crippen molar-refractivity contribution < 1.29 is 13.2 Å². The van der Waals surface area contributed by atoms with Crippen LogP contribution in [0.15, 0.2) is 59.6 Å². The van der Waals surface area contributed by atoms with E-state index in [1.165, 1.54) is 12.1 Å². The third-order valence-electron chi connectivity index (χ3n) is 4.52. The second kappa shape index (κ2) is 5.89. The Hall–Kier alpha value is -2.31. The highest BCUT2D eigenvalue weighted by atomic mass is 35.5. The van der Waals surface area contributed by atoms with Crippen LogP contribution < -0.4 is 0 Å². The van der Waals surface area contributed by atoms with Crippen molar-refractivity contribution in [2.45, 2.75) is 10.1 Å². The monoisotopic (exact) mass is 374 g/mol. The number of hydrogen-bond acceptors (Lipinski definition) is 3. The molecule has 1 aliphatic rings. The molecule has 1 saturated heterocycles. The minimum atomic E-state index is -3.45. The van der Waals surface area contributed by atoms with Crippen LogP contribution in [0.2, 0.25) is 5.02 Å². The summed E-state index contributed by atoms with van der Waals surface area (Å²) in [5.41, 5.74) is 1.53. The third kappa shape index (κ3) is 2.81. The van der Waals surface area contributed by atoms with Crippen molar-refractivity contribution in [2.24, 2.45) is 0 Å². The molecule has 0 bridgehead atoms. The van der Waals surface area contributed by atoms with Gasteiger partial charge in [-0.25, -0.2) is 8.42 Å². The number of aromatic nitrogens is 1. The SMILES string of the molecule is O=C(c1ccc2[nH]ccc2c1)N1CC(S(=O)(=O)c2ccc(Cl)cc2)C1. The number of rotatable bonds is 3. The van der Waals surface area contributed by atoms with Gasteiger partial charge in [0, 0.05) is 40.8 Å². The van der Waals surface area contributed by atoms with E-state index in [0.717, 1.165) is 10.9 Å². The van der Waals surface area contributed by atoms with Crippen LogP contribution in [0.4, 0.5) is 0 Å². The molecule has 7 heteroatoms. The lowest BCUT2D eigenvalue weighted by molar-refractivity contribution is 0.0659. The fourth-order valence-corrected chi connectivity index (χ4v) is 4.76. The van der Waals surface area contributed by atoms with Gasteiger partial charge in [0.25, 0.3) is 5.91 Å². The van der Waals surface area contributed by atoms with E-state index >= 15 is 0 Å². The van der Waals surface area contributed by atoms with Crippen LogP contribution in [-0.2, 0) is 9.84 Å². The number of carbonyl (C=O) groups excluding carboxylic acids is 1. The van der Waals surface area contributed by atoms with E-state index in [1.807, 2.05) is 24.4 Å². The predicted octanol–water partition coefficient (Wildman–Crippen LogP) is 3.12. The lowest BCUT2D eigenvalue weighted by Crippen LogP contribution is -2.56. The number of carbonyl (C=O) groups is 1. The number of fused-ring (bicyclic) bond motifs is 1. The van der Waals surface area contributed by atoms with Crippen LogP contribution in [0.1, 0.15) is 10.4 Å². The van der Waals surface area contributed by atoms with Crippen LogP contribution in [-0.4, -0.2) is 42.5 Å². The van der Waals surface area contributed by atoms with Gasteiger partial charge in [0.15, 0.2) is 9.84 Å². The van der Waals surface area contributed by atoms with Crippen molar-refractivity contribution in [1.82, 2.24) is 9.88 Å². The molecule has 3 aromatic rings. The lowest BCUT2D eigenvalue weighted by Gasteiger charge is -2.38. The van der Waals surface area contributed by atoms with E-state index in [-0.39, 0.29) is 23.9 Å². The third-order valence-corrected chi connectivity index (χ3v) is 6.87. The average molecular weight is 375 g/mol. The van der Waals surface area contributed by atoms with Gasteiger partial charge in [-0.1, -0.05) is 11.6 Å². The van der Waals surface area contributed by atoms with Crippen molar-refractivity contribution >= 4 is 38.2 Å². The summed E-state index contributed by atoms with van der Waals surface area (Å²) < 4.78 is 25.2. The molecule has 0 radical (unpaired) electrons. The highest BCUT2D eigenvalue weighted by Gasteiger charge is 2.40. The molecule has 128 valence electrons. The van der Waals surface area contributed by atoms with Crippen LogP contribution >= 0.6 is 11.6 Å². The molecule has 2 heterocycles. The van der Waals surface area contributed by atoms with Gasteiger partial charge in [-0.3, -0.25) is 4.79 Å². The van der Waals surface area contributed by atoms with Crippen molar-refractivity contribution in [3.8, 4) is 0 Å². The Balaban J connectivity index is 1.49. The van der Waals surface area contributed by atoms with Gasteiger partial charge in [-0.2, -0.15) is 0 Å². The van der Waals surface area contributed by atoms with Crippen LogP contribution in [0.5, 0.6) is 0 Å². The van der Waals surface area contributed by atoms with Gasteiger partial charge in [0.1, 0.15) is 5.25 Å². The number of aromatic amines is 1. The minimum absolute atomic E-state index is 0.148. The number of H-pyrrole nitrogens is 1. The zero-order chi connectivity index (χ0) is 17.6. The normalized spacial score (nSPS) is 15.3. The molecule has 25 heavy (non-hydrogen) atoms. The summed E-state index contributed by atoms with van der Waals surface area (Å²) in [5, 5.41) is 0.870. The standard InChI is InChI=1S/C18H15ClN2O3S/c19-14-2-4-15(5-3-14)25(23,24)16-10-21(11-16)18(22)13-1-6-17-12(9-13)7-8-20-17/h1-9,16,20H,10-11H2. The molecule has 1 amide bonds. The minimum Gasteiger partial charge on any atom is -0.361 e. The molecule has 4 rings (SSSR count). The highest BCUT2D eigenvalue weighted by Crippen LogP contribution is 2.26. The van der Waals surface area contributed by atoms with E-state index in [9.17, 15) is 13.2 Å². The van der Waals surface area contributed by atoms with Gasteiger partial charge < -0.3 is 9.88 Å². The molecule has 1 fully saturated rings. The summed E-state index contributed by atoms with van der Waals surface area (Å²) in [7, 11) is -3.45. The van der Waals surface area contributed by atoms with Gasteiger partial charge in [-0.15, -0.1) is 0 Å². The molecule has 0 atom stereocenters. The number of halogens is 1. The first-order valence-corrected chi connectivity index (χ1v) is 9.73. The lowest BCUT2D eigenvalue weighted by atomic mass is 10.1. The first-order chi connectivity index (χ1) is 11.9. The summed E-state index contributed by atoms with van der Waals surface area (Å²) in [5.74, 6) is -0.148. The van der Waals surface area contributed by atoms with Crippen molar-refractivity contribution in [1.29, 1.82) is 0 Å². The van der Waals surface area contributed by atoms with E-state index in [2.05, 4.69) is 4.98 Å². The number of nitrogens with one attached hydrogen (secondary N) is 1. The second-order valence-corrected chi connectivity index (χ2v) is 8.78. The van der Waals surface area contributed by atoms with Gasteiger partial charge in [-0.05, 0) is 48.5 Å². The number of benzene rings is 2. The Morgan fingerprint density at radius 3 is 2.52 bits per heavy atom. The Morgan fingerprint density at radius 1 is 1.08 bits per heavy atom. The molecule has 0 aliphatic carbocycles. The molecule has 1 aromatic heterocycles. The van der Waals surface area contributed by atoms with Crippen molar-refractivity contribution in [2.75, 3.05) is 13.1 Å². The maximum absolute atomic E-state index is 12.6. The predicted molar refractivity (Wildman–Crippen MR) is 96.6 cm³/mol. The summed E-state index contributed by atoms with van der Waals surface area (Å²) in [6, 6.07) is 13.4. The first kappa shape index (κ1) is 16.2. The van der Waals surface area contributed by atoms with Crippen molar-refractivity contribution in [3.63, 3.8) is 0 Å². The van der Waals surface area contributed by atoms with Crippen molar-refractivity contribution in [3.05, 3.63) is 65.3 Å². The van der Waals surface area contributed by atoms with E-state index in [0.29, 0.717) is 10.6 Å². The molecule has 0 spiro atoms. The number of sulfone groups is 1. The average Bonchev–Trinajstić information content (AvgIpc) is 3.01. The van der Waals surface area contributed by atoms with Gasteiger partial charge in [0.2, 0.25) is 0 Å². The van der Waals surface area contributed by atoms with E-state index in [4.69, 9.17) is 11.6 Å². The van der Waals surface area contributed by atoms with Gasteiger partial charge >= 0.3 is 0 Å². The topological polar surface area (TPSA) is 70.2 Å². The molecular formula is C18H15ClN2O3S. The molecule has 0 saturated carbocycles. The smallest absolute Gasteiger partial charge is 0.253 e. The van der Waals surface area contributed by atoms with E-state index in [1.54, 1.807) is 23.1 Å². The maximum Gasteiger partial charge on any atom is 0.253 e. The molecule has 1 aliphatic heterocycles. The van der Waals surface area contributed by atoms with E-state index < -0.39 is 15.1 Å². The quantitative estimate of drug-likeness (QED) is 0.765. The summed E-state index contributed by atoms with van der Waals surface area (Å²) >= 11 is 5.81. The van der Waals surface area contributed by atoms with Crippen LogP contribution in [0.3, 0.4) is 0 Å².